The Kier molecular flexibility index (Phi) is 2.49. The molecule has 0 aromatic rings. The third kappa shape index (κ3) is 1.77. The normalized spacial score (nSPS) is 27.1. The van der Waals surface area contributed by atoms with Crippen LogP contribution in [0.5, 0.6) is 0 Å². The number of allylic oxidation sites excluding steroid dienone is 1. The van der Waals surface area contributed by atoms with Crippen LogP contribution < -0.4 is 0 Å². The Bertz CT molecular complexity index is 236. The number of halogens is 1. The fourth-order valence-electron chi connectivity index (χ4n) is 2.21. The molecule has 2 fully saturated rings. The van der Waals surface area contributed by atoms with Crippen molar-refractivity contribution >= 4 is 0 Å². The van der Waals surface area contributed by atoms with Crippen LogP contribution in [0, 0.1) is 0 Å². The molecule has 3 nitrogen and oxygen atoms in total. The van der Waals surface area contributed by atoms with Crippen molar-refractivity contribution in [1.82, 2.24) is 10.0 Å². The van der Waals surface area contributed by atoms with Gasteiger partial charge in [-0.05, 0) is 19.8 Å². The number of likely N-dealkylation sites (tertiary alicyclic amines) is 1. The molecule has 2 heterocycles. The summed E-state index contributed by atoms with van der Waals surface area (Å²) in [5, 5.41) is 0.760. The highest BCUT2D eigenvalue weighted by atomic mass is 19.2. The Hall–Kier alpha value is -0.610. The second-order valence-electron chi connectivity index (χ2n) is 4.30. The van der Waals surface area contributed by atoms with E-state index in [4.69, 9.17) is 4.74 Å². The molecule has 4 heteroatoms. The van der Waals surface area contributed by atoms with Crippen molar-refractivity contribution in [3.05, 3.63) is 12.3 Å². The molecule has 0 aromatic carbocycles. The van der Waals surface area contributed by atoms with Crippen molar-refractivity contribution in [2.24, 2.45) is 0 Å². The van der Waals surface area contributed by atoms with E-state index in [-0.39, 0.29) is 12.3 Å². The second kappa shape index (κ2) is 3.51. The summed E-state index contributed by atoms with van der Waals surface area (Å²) in [6, 6.07) is 0. The fourth-order valence-corrected chi connectivity index (χ4v) is 2.21. The predicted molar refractivity (Wildman–Crippen MR) is 52.1 cm³/mol. The first-order valence-corrected chi connectivity index (χ1v) is 5.06. The average Bonchev–Trinajstić information content (AvgIpc) is 2.48. The van der Waals surface area contributed by atoms with Gasteiger partial charge < -0.3 is 9.64 Å². The van der Waals surface area contributed by atoms with Crippen molar-refractivity contribution in [3.63, 3.8) is 0 Å². The number of ether oxygens (including phenoxy) is 1. The lowest BCUT2D eigenvalue weighted by Gasteiger charge is -2.39. The molecule has 0 unspecified atom stereocenters. The van der Waals surface area contributed by atoms with E-state index in [9.17, 15) is 4.48 Å². The summed E-state index contributed by atoms with van der Waals surface area (Å²) in [7, 11) is 0. The quantitative estimate of drug-likeness (QED) is 0.597. The smallest absolute Gasteiger partial charge is 0.128 e. The van der Waals surface area contributed by atoms with Gasteiger partial charge in [0.25, 0.3) is 0 Å². The topological polar surface area (TPSA) is 15.7 Å². The van der Waals surface area contributed by atoms with E-state index >= 15 is 0 Å². The minimum Gasteiger partial charge on any atom is -0.375 e. The Morgan fingerprint density at radius 1 is 1.43 bits per heavy atom. The van der Waals surface area contributed by atoms with E-state index in [1.165, 1.54) is 0 Å². The van der Waals surface area contributed by atoms with Crippen molar-refractivity contribution < 1.29 is 9.22 Å². The molecule has 0 saturated carbocycles. The molecular weight excluding hydrogens is 183 g/mol. The molecule has 2 aliphatic heterocycles. The van der Waals surface area contributed by atoms with Crippen LogP contribution in [0.2, 0.25) is 0 Å². The summed E-state index contributed by atoms with van der Waals surface area (Å²) in [5.74, 6) is 0. The molecule has 80 valence electrons. The maximum absolute atomic E-state index is 12.9. The highest BCUT2D eigenvalue weighted by Crippen LogP contribution is 2.32. The van der Waals surface area contributed by atoms with Gasteiger partial charge in [0.15, 0.2) is 0 Å². The van der Waals surface area contributed by atoms with E-state index in [0.717, 1.165) is 36.8 Å². The van der Waals surface area contributed by atoms with Gasteiger partial charge in [-0.1, -0.05) is 6.58 Å². The van der Waals surface area contributed by atoms with Gasteiger partial charge in [-0.15, -0.1) is 9.60 Å². The molecular formula is C10H17FN2O. The van der Waals surface area contributed by atoms with Gasteiger partial charge in [0, 0.05) is 18.8 Å². The van der Waals surface area contributed by atoms with Crippen LogP contribution in [0.15, 0.2) is 12.3 Å². The number of rotatable bonds is 1. The monoisotopic (exact) mass is 200 g/mol. The molecule has 0 amide bonds. The van der Waals surface area contributed by atoms with Gasteiger partial charge in [-0.2, -0.15) is 0 Å². The van der Waals surface area contributed by atoms with Crippen LogP contribution in [-0.4, -0.2) is 42.0 Å². The van der Waals surface area contributed by atoms with Gasteiger partial charge in [0.05, 0.1) is 12.1 Å². The van der Waals surface area contributed by atoms with Crippen molar-refractivity contribution in [3.8, 4) is 0 Å². The number of nitrogens with zero attached hydrogens (tertiary/aromatic N) is 2. The summed E-state index contributed by atoms with van der Waals surface area (Å²) in [6.07, 6.45) is 1.81. The fraction of sp³-hybridized carbons (Fsp3) is 0.800. The first kappa shape index (κ1) is 9.93. The third-order valence-corrected chi connectivity index (χ3v) is 3.19. The van der Waals surface area contributed by atoms with Crippen molar-refractivity contribution in [2.75, 3.05) is 26.4 Å². The lowest BCUT2D eigenvalue weighted by Crippen LogP contribution is -2.45. The lowest BCUT2D eigenvalue weighted by molar-refractivity contribution is -0.0467. The second-order valence-corrected chi connectivity index (χ2v) is 4.30. The van der Waals surface area contributed by atoms with E-state index in [1.807, 2.05) is 6.92 Å². The Morgan fingerprint density at radius 3 is 2.50 bits per heavy atom. The van der Waals surface area contributed by atoms with E-state index < -0.39 is 0 Å². The molecule has 1 spiro atoms. The molecule has 0 atom stereocenters. The number of hydrogen-bond donors (Lipinski definition) is 0. The van der Waals surface area contributed by atoms with Gasteiger partial charge in [0.2, 0.25) is 0 Å². The van der Waals surface area contributed by atoms with Crippen LogP contribution in [0.25, 0.3) is 0 Å². The molecule has 2 rings (SSSR count). The van der Waals surface area contributed by atoms with Crippen molar-refractivity contribution in [2.45, 2.75) is 25.4 Å². The zero-order valence-corrected chi connectivity index (χ0v) is 8.63. The highest BCUT2D eigenvalue weighted by Gasteiger charge is 2.42. The molecule has 0 aromatic heterocycles. The average molecular weight is 200 g/mol. The zero-order valence-electron chi connectivity index (χ0n) is 8.63. The molecule has 14 heavy (non-hydrogen) atoms. The van der Waals surface area contributed by atoms with Crippen LogP contribution in [0.3, 0.4) is 0 Å². The largest absolute Gasteiger partial charge is 0.375 e. The Labute approximate surface area is 84.1 Å². The Balaban J connectivity index is 1.92. The molecule has 0 aliphatic carbocycles. The van der Waals surface area contributed by atoms with Gasteiger partial charge in [0.1, 0.15) is 6.73 Å². The molecule has 0 N–H and O–H groups in total. The summed E-state index contributed by atoms with van der Waals surface area (Å²) < 4.78 is 18.4. The van der Waals surface area contributed by atoms with E-state index in [2.05, 4.69) is 11.5 Å². The number of hydrogen-bond acceptors (Lipinski definition) is 3. The maximum Gasteiger partial charge on any atom is 0.128 e. The van der Waals surface area contributed by atoms with Crippen LogP contribution in [-0.2, 0) is 4.74 Å². The van der Waals surface area contributed by atoms with Crippen LogP contribution in [0.4, 0.5) is 4.48 Å². The number of piperidine rings is 1. The predicted octanol–water partition coefficient (Wildman–Crippen LogP) is 1.53. The maximum atomic E-state index is 12.9. The third-order valence-electron chi connectivity index (χ3n) is 3.19. The molecule has 2 aliphatic rings. The van der Waals surface area contributed by atoms with Gasteiger partial charge >= 0.3 is 0 Å². The summed E-state index contributed by atoms with van der Waals surface area (Å²) in [6.45, 7) is 8.35. The van der Waals surface area contributed by atoms with Gasteiger partial charge in [-0.25, -0.2) is 0 Å². The van der Waals surface area contributed by atoms with Crippen LogP contribution >= 0.6 is 0 Å². The van der Waals surface area contributed by atoms with Gasteiger partial charge in [-0.3, -0.25) is 0 Å². The summed E-state index contributed by atoms with van der Waals surface area (Å²) in [4.78, 5) is 2.23. The Morgan fingerprint density at radius 2 is 2.07 bits per heavy atom. The zero-order chi connectivity index (χ0) is 10.2. The summed E-state index contributed by atoms with van der Waals surface area (Å²) >= 11 is 0. The highest BCUT2D eigenvalue weighted by molar-refractivity contribution is 4.98. The first-order chi connectivity index (χ1) is 6.61. The minimum absolute atomic E-state index is 0.132. The van der Waals surface area contributed by atoms with E-state index in [0.29, 0.717) is 6.54 Å². The minimum atomic E-state index is -0.222. The summed E-state index contributed by atoms with van der Waals surface area (Å²) in [5.41, 5.74) is 0.871. The SMILES string of the molecule is C=C(C)N1CCC2(CC1)CN(F)CO2. The first-order valence-electron chi connectivity index (χ1n) is 5.06. The lowest BCUT2D eigenvalue weighted by atomic mass is 9.91. The standard InChI is InChI=1S/C10H17FN2O/c1-9(2)12-5-3-10(4-6-12)7-13(11)8-14-10/h1,3-8H2,2H3. The molecule has 2 saturated heterocycles. The van der Waals surface area contributed by atoms with Crippen molar-refractivity contribution in [1.29, 1.82) is 0 Å². The van der Waals surface area contributed by atoms with E-state index in [1.54, 1.807) is 0 Å². The van der Waals surface area contributed by atoms with Crippen LogP contribution in [0.1, 0.15) is 19.8 Å². The molecule has 0 bridgehead atoms. The molecule has 0 radical (unpaired) electrons.